The average Bonchev–Trinajstić information content (AvgIpc) is 2.83. The second-order valence-corrected chi connectivity index (χ2v) is 8.37. The normalized spacial score (nSPS) is 12.9. The predicted octanol–water partition coefficient (Wildman–Crippen LogP) is 5.14. The second-order valence-electron chi connectivity index (χ2n) is 7.29. The Balaban J connectivity index is 1.81. The largest absolute Gasteiger partial charge is 0.350 e. The highest BCUT2D eigenvalue weighted by molar-refractivity contribution is 7.99. The van der Waals surface area contributed by atoms with E-state index in [4.69, 9.17) is 0 Å². The first-order valence-corrected chi connectivity index (χ1v) is 10.4. The highest BCUT2D eigenvalue weighted by atomic mass is 32.2. The molecular weight excluding hydrogens is 380 g/mol. The Morgan fingerprint density at radius 2 is 1.69 bits per heavy atom. The van der Waals surface area contributed by atoms with Crippen molar-refractivity contribution in [3.63, 3.8) is 0 Å². The van der Waals surface area contributed by atoms with Crippen molar-refractivity contribution in [1.82, 2.24) is 5.32 Å². The van der Waals surface area contributed by atoms with Gasteiger partial charge in [0.1, 0.15) is 0 Å². The van der Waals surface area contributed by atoms with Crippen LogP contribution in [0.4, 0.5) is 5.69 Å². The molecule has 1 heterocycles. The van der Waals surface area contributed by atoms with E-state index in [9.17, 15) is 9.59 Å². The number of anilines is 1. The van der Waals surface area contributed by atoms with Crippen molar-refractivity contribution >= 4 is 29.3 Å². The van der Waals surface area contributed by atoms with Crippen molar-refractivity contribution in [2.75, 3.05) is 4.90 Å². The first-order valence-electron chi connectivity index (χ1n) is 9.60. The van der Waals surface area contributed by atoms with Crippen LogP contribution in [0.3, 0.4) is 0 Å². The van der Waals surface area contributed by atoms with Crippen LogP contribution in [0.15, 0.2) is 82.6 Å². The van der Waals surface area contributed by atoms with E-state index in [0.717, 1.165) is 21.0 Å². The van der Waals surface area contributed by atoms with Crippen LogP contribution in [-0.2, 0) is 6.54 Å². The maximum atomic E-state index is 13.5. The summed E-state index contributed by atoms with van der Waals surface area (Å²) in [6.45, 7) is 4.30. The third-order valence-electron chi connectivity index (χ3n) is 4.70. The fourth-order valence-electron chi connectivity index (χ4n) is 3.33. The average molecular weight is 403 g/mol. The predicted molar refractivity (Wildman–Crippen MR) is 117 cm³/mol. The van der Waals surface area contributed by atoms with Gasteiger partial charge in [-0.25, -0.2) is 0 Å². The lowest BCUT2D eigenvalue weighted by Gasteiger charge is -2.24. The first kappa shape index (κ1) is 19.3. The highest BCUT2D eigenvalue weighted by Gasteiger charge is 2.28. The Labute approximate surface area is 174 Å². The van der Waals surface area contributed by atoms with E-state index < -0.39 is 0 Å². The smallest absolute Gasteiger partial charge is 0.259 e. The number of benzene rings is 3. The summed E-state index contributed by atoms with van der Waals surface area (Å²) in [5.41, 5.74) is 3.03. The standard InChI is InChI=1S/C24H22N2O2S/c1-16(2)25-23(27)18-12-13-22-20(14-18)26(15-17-8-4-3-5-9-17)24(28)19-10-6-7-11-21(19)29-22/h3-14,16H,15H2,1-2H3,(H,25,27). The lowest BCUT2D eigenvalue weighted by Crippen LogP contribution is -2.32. The van der Waals surface area contributed by atoms with Gasteiger partial charge in [0.2, 0.25) is 0 Å². The summed E-state index contributed by atoms with van der Waals surface area (Å²) in [7, 11) is 0. The zero-order valence-corrected chi connectivity index (χ0v) is 17.2. The van der Waals surface area contributed by atoms with Crippen molar-refractivity contribution in [3.05, 3.63) is 89.5 Å². The monoisotopic (exact) mass is 402 g/mol. The maximum Gasteiger partial charge on any atom is 0.259 e. The van der Waals surface area contributed by atoms with E-state index in [1.54, 1.807) is 16.7 Å². The van der Waals surface area contributed by atoms with Crippen LogP contribution in [0.25, 0.3) is 0 Å². The molecule has 1 aliphatic heterocycles. The zero-order chi connectivity index (χ0) is 20.4. The van der Waals surface area contributed by atoms with E-state index in [-0.39, 0.29) is 17.9 Å². The lowest BCUT2D eigenvalue weighted by atomic mass is 10.1. The van der Waals surface area contributed by atoms with Crippen LogP contribution < -0.4 is 10.2 Å². The molecule has 0 aliphatic carbocycles. The van der Waals surface area contributed by atoms with Gasteiger partial charge >= 0.3 is 0 Å². The molecule has 1 N–H and O–H groups in total. The summed E-state index contributed by atoms with van der Waals surface area (Å²) in [5, 5.41) is 2.93. The number of rotatable bonds is 4. The molecule has 146 valence electrons. The molecule has 3 aromatic rings. The molecule has 4 rings (SSSR count). The van der Waals surface area contributed by atoms with Gasteiger partial charge < -0.3 is 10.2 Å². The van der Waals surface area contributed by atoms with Gasteiger partial charge in [0.05, 0.1) is 17.8 Å². The van der Waals surface area contributed by atoms with Gasteiger partial charge in [-0.05, 0) is 49.7 Å². The van der Waals surface area contributed by atoms with Gasteiger partial charge in [-0.1, -0.05) is 54.2 Å². The van der Waals surface area contributed by atoms with Gasteiger partial charge in [-0.15, -0.1) is 0 Å². The van der Waals surface area contributed by atoms with Crippen LogP contribution in [0.5, 0.6) is 0 Å². The molecule has 0 fully saturated rings. The Kier molecular flexibility index (Phi) is 5.41. The molecule has 0 radical (unpaired) electrons. The molecule has 4 nitrogen and oxygen atoms in total. The van der Waals surface area contributed by atoms with Crippen LogP contribution in [0.2, 0.25) is 0 Å². The van der Waals surface area contributed by atoms with Crippen LogP contribution in [-0.4, -0.2) is 17.9 Å². The Morgan fingerprint density at radius 3 is 2.45 bits per heavy atom. The minimum Gasteiger partial charge on any atom is -0.350 e. The minimum absolute atomic E-state index is 0.0435. The second kappa shape index (κ2) is 8.13. The number of carbonyl (C=O) groups is 2. The summed E-state index contributed by atoms with van der Waals surface area (Å²) in [5.74, 6) is -0.196. The van der Waals surface area contributed by atoms with Gasteiger partial charge in [-0.2, -0.15) is 0 Å². The Bertz CT molecular complexity index is 1060. The van der Waals surface area contributed by atoms with Gasteiger partial charge in [0.15, 0.2) is 0 Å². The number of amides is 2. The molecule has 3 aromatic carbocycles. The fourth-order valence-corrected chi connectivity index (χ4v) is 4.39. The lowest BCUT2D eigenvalue weighted by molar-refractivity contribution is 0.0940. The molecule has 2 amide bonds. The summed E-state index contributed by atoms with van der Waals surface area (Å²) < 4.78 is 0. The number of fused-ring (bicyclic) bond motifs is 2. The van der Waals surface area contributed by atoms with Crippen LogP contribution >= 0.6 is 11.8 Å². The molecule has 1 aliphatic rings. The number of hydrogen-bond acceptors (Lipinski definition) is 3. The van der Waals surface area contributed by atoms with E-state index >= 15 is 0 Å². The van der Waals surface area contributed by atoms with E-state index in [2.05, 4.69) is 5.32 Å². The molecule has 29 heavy (non-hydrogen) atoms. The third-order valence-corrected chi connectivity index (χ3v) is 5.84. The molecular formula is C24H22N2O2S. The topological polar surface area (TPSA) is 49.4 Å². The molecule has 0 aromatic heterocycles. The quantitative estimate of drug-likeness (QED) is 0.658. The number of nitrogens with zero attached hydrogens (tertiary/aromatic N) is 1. The first-order chi connectivity index (χ1) is 14.0. The zero-order valence-electron chi connectivity index (χ0n) is 16.4. The highest BCUT2D eigenvalue weighted by Crippen LogP contribution is 2.42. The number of nitrogens with one attached hydrogen (secondary N) is 1. The van der Waals surface area contributed by atoms with E-state index in [1.807, 2.05) is 86.6 Å². The van der Waals surface area contributed by atoms with E-state index in [1.165, 1.54) is 0 Å². The van der Waals surface area contributed by atoms with Crippen molar-refractivity contribution < 1.29 is 9.59 Å². The molecule has 0 bridgehead atoms. The molecule has 5 heteroatoms. The molecule has 0 saturated heterocycles. The molecule has 0 unspecified atom stereocenters. The van der Waals surface area contributed by atoms with Crippen LogP contribution in [0, 0.1) is 0 Å². The molecule has 0 saturated carbocycles. The molecule has 0 spiro atoms. The number of carbonyl (C=O) groups excluding carboxylic acids is 2. The minimum atomic E-state index is -0.137. The summed E-state index contributed by atoms with van der Waals surface area (Å²) in [4.78, 5) is 29.7. The SMILES string of the molecule is CC(C)NC(=O)c1ccc2c(c1)N(Cc1ccccc1)C(=O)c1ccccc1S2. The summed E-state index contributed by atoms with van der Waals surface area (Å²) >= 11 is 1.56. The van der Waals surface area contributed by atoms with Gasteiger partial charge in [0.25, 0.3) is 11.8 Å². The summed E-state index contributed by atoms with van der Waals surface area (Å²) in [6.07, 6.45) is 0. The van der Waals surface area contributed by atoms with Gasteiger partial charge in [0, 0.05) is 21.4 Å². The van der Waals surface area contributed by atoms with Crippen molar-refractivity contribution in [1.29, 1.82) is 0 Å². The van der Waals surface area contributed by atoms with E-state index in [0.29, 0.717) is 17.7 Å². The number of hydrogen-bond donors (Lipinski definition) is 1. The molecule has 0 atom stereocenters. The van der Waals surface area contributed by atoms with Crippen molar-refractivity contribution in [3.8, 4) is 0 Å². The Morgan fingerprint density at radius 1 is 0.966 bits per heavy atom. The fraction of sp³-hybridized carbons (Fsp3) is 0.167. The van der Waals surface area contributed by atoms with Crippen LogP contribution in [0.1, 0.15) is 40.1 Å². The van der Waals surface area contributed by atoms with Crippen molar-refractivity contribution in [2.24, 2.45) is 0 Å². The maximum absolute atomic E-state index is 13.5. The Hall–Kier alpha value is -3.05. The third kappa shape index (κ3) is 4.05. The van der Waals surface area contributed by atoms with Gasteiger partial charge in [-0.3, -0.25) is 9.59 Å². The van der Waals surface area contributed by atoms with Crippen molar-refractivity contribution in [2.45, 2.75) is 36.2 Å². The summed E-state index contributed by atoms with van der Waals surface area (Å²) in [6, 6.07) is 23.2.